The predicted octanol–water partition coefficient (Wildman–Crippen LogP) is 4.75. The SMILES string of the molecule is CN1CN(c2cccc(Cl)c2COc2ccn(-c3ccc(Cl)cc3)n2)N=N1. The minimum atomic E-state index is 0.266. The molecule has 0 atom stereocenters. The zero-order valence-electron chi connectivity index (χ0n) is 14.5. The van der Waals surface area contributed by atoms with Crippen LogP contribution in [0.3, 0.4) is 0 Å². The van der Waals surface area contributed by atoms with E-state index in [1.807, 2.05) is 55.7 Å². The van der Waals surface area contributed by atoms with Crippen molar-refractivity contribution >= 4 is 28.9 Å². The summed E-state index contributed by atoms with van der Waals surface area (Å²) in [6.45, 7) is 0.820. The summed E-state index contributed by atoms with van der Waals surface area (Å²) in [5, 5.41) is 17.4. The molecule has 0 radical (unpaired) electrons. The first-order chi connectivity index (χ1) is 13.1. The Morgan fingerprint density at radius 1 is 1.04 bits per heavy atom. The number of rotatable bonds is 5. The number of hydrogen-bond donors (Lipinski definition) is 0. The van der Waals surface area contributed by atoms with Gasteiger partial charge in [0.25, 0.3) is 0 Å². The van der Waals surface area contributed by atoms with E-state index in [2.05, 4.69) is 15.5 Å². The molecular formula is C18H16Cl2N6O. The molecule has 2 heterocycles. The lowest BCUT2D eigenvalue weighted by Gasteiger charge is -2.18. The third kappa shape index (κ3) is 3.84. The van der Waals surface area contributed by atoms with Crippen molar-refractivity contribution in [3.63, 3.8) is 0 Å². The van der Waals surface area contributed by atoms with Gasteiger partial charge >= 0.3 is 0 Å². The second-order valence-corrected chi connectivity index (χ2v) is 6.82. The normalized spacial score (nSPS) is 13.4. The molecule has 0 bridgehead atoms. The third-order valence-corrected chi connectivity index (χ3v) is 4.64. The van der Waals surface area contributed by atoms with Gasteiger partial charge in [-0.3, -0.25) is 5.01 Å². The number of nitrogens with zero attached hydrogens (tertiary/aromatic N) is 6. The van der Waals surface area contributed by atoms with Crippen LogP contribution in [-0.2, 0) is 6.61 Å². The first-order valence-corrected chi connectivity index (χ1v) is 8.98. The fourth-order valence-corrected chi connectivity index (χ4v) is 3.04. The number of halogens is 2. The molecule has 0 amide bonds. The smallest absolute Gasteiger partial charge is 0.233 e. The van der Waals surface area contributed by atoms with Crippen LogP contribution >= 0.6 is 23.2 Å². The van der Waals surface area contributed by atoms with Gasteiger partial charge in [0.2, 0.25) is 5.88 Å². The Morgan fingerprint density at radius 2 is 1.85 bits per heavy atom. The second kappa shape index (κ2) is 7.46. The van der Waals surface area contributed by atoms with Crippen molar-refractivity contribution in [1.29, 1.82) is 0 Å². The van der Waals surface area contributed by atoms with Crippen LogP contribution in [0.2, 0.25) is 10.0 Å². The van der Waals surface area contributed by atoms with Crippen LogP contribution in [0.25, 0.3) is 5.69 Å². The highest BCUT2D eigenvalue weighted by Gasteiger charge is 2.19. The molecule has 9 heteroatoms. The first-order valence-electron chi connectivity index (χ1n) is 8.22. The number of hydrogen-bond acceptors (Lipinski definition) is 6. The summed E-state index contributed by atoms with van der Waals surface area (Å²) < 4.78 is 7.60. The van der Waals surface area contributed by atoms with Crippen molar-refractivity contribution in [3.8, 4) is 11.6 Å². The summed E-state index contributed by atoms with van der Waals surface area (Å²) in [4.78, 5) is 0. The Kier molecular flexibility index (Phi) is 4.87. The first kappa shape index (κ1) is 17.6. The van der Waals surface area contributed by atoms with Gasteiger partial charge in [0.05, 0.1) is 11.4 Å². The van der Waals surface area contributed by atoms with Crippen LogP contribution in [0.1, 0.15) is 5.56 Å². The van der Waals surface area contributed by atoms with Gasteiger partial charge in [-0.2, -0.15) is 0 Å². The topological polar surface area (TPSA) is 58.2 Å². The summed E-state index contributed by atoms with van der Waals surface area (Å²) in [6.07, 6.45) is 1.83. The Hall–Kier alpha value is -2.77. The highest BCUT2D eigenvalue weighted by atomic mass is 35.5. The maximum absolute atomic E-state index is 6.40. The fraction of sp³-hybridized carbons (Fsp3) is 0.167. The Balaban J connectivity index is 1.51. The average molecular weight is 403 g/mol. The van der Waals surface area contributed by atoms with E-state index in [-0.39, 0.29) is 6.61 Å². The minimum absolute atomic E-state index is 0.266. The fourth-order valence-electron chi connectivity index (χ4n) is 2.69. The molecule has 0 saturated carbocycles. The van der Waals surface area contributed by atoms with E-state index in [9.17, 15) is 0 Å². The molecule has 2 aromatic carbocycles. The van der Waals surface area contributed by atoms with Crippen molar-refractivity contribution in [2.45, 2.75) is 6.61 Å². The van der Waals surface area contributed by atoms with Gasteiger partial charge in [-0.15, -0.1) is 5.10 Å². The minimum Gasteiger partial charge on any atom is -0.472 e. The molecule has 0 N–H and O–H groups in total. The molecule has 1 aromatic heterocycles. The molecule has 0 saturated heterocycles. The highest BCUT2D eigenvalue weighted by Crippen LogP contribution is 2.30. The summed E-state index contributed by atoms with van der Waals surface area (Å²) in [5.41, 5.74) is 2.58. The van der Waals surface area contributed by atoms with Crippen LogP contribution < -0.4 is 9.75 Å². The molecule has 7 nitrogen and oxygen atoms in total. The Morgan fingerprint density at radius 3 is 2.59 bits per heavy atom. The zero-order valence-corrected chi connectivity index (χ0v) is 16.0. The van der Waals surface area contributed by atoms with Crippen molar-refractivity contribution in [1.82, 2.24) is 14.8 Å². The lowest BCUT2D eigenvalue weighted by molar-refractivity contribution is 0.292. The number of anilines is 1. The summed E-state index contributed by atoms with van der Waals surface area (Å²) >= 11 is 12.3. The average Bonchev–Trinajstić information content (AvgIpc) is 3.30. The van der Waals surface area contributed by atoms with E-state index < -0.39 is 0 Å². The lowest BCUT2D eigenvalue weighted by Crippen LogP contribution is -2.22. The van der Waals surface area contributed by atoms with E-state index in [0.29, 0.717) is 22.6 Å². The standard InChI is InChI=1S/C18H16Cl2N6O/c1-24-12-26(23-22-24)17-4-2-3-16(20)15(17)11-27-18-9-10-25(21-18)14-7-5-13(19)6-8-14/h2-10H,11-12H2,1H3. The van der Waals surface area contributed by atoms with Gasteiger partial charge in [-0.25, -0.2) is 9.69 Å². The van der Waals surface area contributed by atoms with Crippen LogP contribution in [-0.4, -0.2) is 28.5 Å². The lowest BCUT2D eigenvalue weighted by atomic mass is 10.2. The second-order valence-electron chi connectivity index (χ2n) is 5.98. The van der Waals surface area contributed by atoms with E-state index >= 15 is 0 Å². The molecule has 1 aliphatic heterocycles. The van der Waals surface area contributed by atoms with Crippen LogP contribution in [0.5, 0.6) is 5.88 Å². The van der Waals surface area contributed by atoms with Crippen molar-refractivity contribution in [3.05, 3.63) is 70.3 Å². The van der Waals surface area contributed by atoms with Crippen LogP contribution in [0, 0.1) is 0 Å². The summed E-state index contributed by atoms with van der Waals surface area (Å²) in [6, 6.07) is 14.9. The van der Waals surface area contributed by atoms with Gasteiger partial charge in [-0.05, 0) is 41.6 Å². The number of aromatic nitrogens is 2. The molecular weight excluding hydrogens is 387 g/mol. The van der Waals surface area contributed by atoms with E-state index in [1.165, 1.54) is 0 Å². The Labute approximate surface area is 166 Å². The maximum Gasteiger partial charge on any atom is 0.233 e. The Bertz CT molecular complexity index is 972. The quantitative estimate of drug-likeness (QED) is 0.617. The predicted molar refractivity (Wildman–Crippen MR) is 104 cm³/mol. The number of ether oxygens (including phenoxy) is 1. The highest BCUT2D eigenvalue weighted by molar-refractivity contribution is 6.31. The monoisotopic (exact) mass is 402 g/mol. The van der Waals surface area contributed by atoms with Crippen molar-refractivity contribution in [2.24, 2.45) is 10.4 Å². The molecule has 1 aliphatic rings. The molecule has 0 fully saturated rings. The molecule has 4 rings (SSSR count). The molecule has 0 spiro atoms. The molecule has 0 unspecified atom stereocenters. The van der Waals surface area contributed by atoms with Gasteiger partial charge in [0, 0.05) is 34.9 Å². The van der Waals surface area contributed by atoms with Gasteiger partial charge in [-0.1, -0.05) is 34.5 Å². The molecule has 27 heavy (non-hydrogen) atoms. The van der Waals surface area contributed by atoms with E-state index in [0.717, 1.165) is 16.9 Å². The number of benzene rings is 2. The van der Waals surface area contributed by atoms with Gasteiger partial charge in [0.1, 0.15) is 13.3 Å². The third-order valence-electron chi connectivity index (χ3n) is 4.03. The molecule has 0 aliphatic carbocycles. The van der Waals surface area contributed by atoms with Gasteiger partial charge < -0.3 is 4.74 Å². The summed E-state index contributed by atoms with van der Waals surface area (Å²) in [7, 11) is 1.85. The van der Waals surface area contributed by atoms with E-state index in [1.54, 1.807) is 20.8 Å². The van der Waals surface area contributed by atoms with Crippen LogP contribution in [0.4, 0.5) is 5.69 Å². The van der Waals surface area contributed by atoms with Crippen molar-refractivity contribution in [2.75, 3.05) is 18.7 Å². The van der Waals surface area contributed by atoms with E-state index in [4.69, 9.17) is 27.9 Å². The maximum atomic E-state index is 6.40. The zero-order chi connectivity index (χ0) is 18.8. The largest absolute Gasteiger partial charge is 0.472 e. The molecule has 138 valence electrons. The van der Waals surface area contributed by atoms with Crippen LogP contribution in [0.15, 0.2) is 65.2 Å². The van der Waals surface area contributed by atoms with Gasteiger partial charge in [0.15, 0.2) is 0 Å². The van der Waals surface area contributed by atoms with Crippen molar-refractivity contribution < 1.29 is 4.74 Å². The summed E-state index contributed by atoms with van der Waals surface area (Å²) in [5.74, 6) is 0.496. The molecule has 3 aromatic rings.